The fraction of sp³-hybridized carbons (Fsp3) is 0.350. The van der Waals surface area contributed by atoms with Gasteiger partial charge in [-0.15, -0.1) is 0 Å². The Kier molecular flexibility index (Phi) is 6.53. The first-order chi connectivity index (χ1) is 13.4. The molecule has 0 radical (unpaired) electrons. The molecule has 0 spiro atoms. The number of rotatable bonds is 8. The predicted octanol–water partition coefficient (Wildman–Crippen LogP) is 1.79. The van der Waals surface area contributed by atoms with Crippen molar-refractivity contribution in [2.45, 2.75) is 30.6 Å². The summed E-state index contributed by atoms with van der Waals surface area (Å²) in [7, 11) is -3.68. The van der Waals surface area contributed by atoms with Crippen LogP contribution in [0, 0.1) is 0 Å². The number of fused-ring (bicyclic) bond motifs is 1. The van der Waals surface area contributed by atoms with E-state index in [0.717, 1.165) is 35.5 Å². The fourth-order valence-electron chi connectivity index (χ4n) is 2.98. The molecule has 0 atom stereocenters. The van der Waals surface area contributed by atoms with Crippen LogP contribution < -0.4 is 19.9 Å². The summed E-state index contributed by atoms with van der Waals surface area (Å²) >= 11 is 0. The Bertz CT molecular complexity index is 926. The van der Waals surface area contributed by atoms with Crippen LogP contribution in [-0.4, -0.2) is 34.1 Å². The topological polar surface area (TPSA) is 108 Å². The third-order valence-corrected chi connectivity index (χ3v) is 5.39. The molecular weight excluding hydrogens is 380 g/mol. The summed E-state index contributed by atoms with van der Waals surface area (Å²) in [5.74, 6) is 1.53. The molecule has 150 valence electrons. The van der Waals surface area contributed by atoms with Crippen molar-refractivity contribution >= 4 is 15.9 Å². The lowest BCUT2D eigenvalue weighted by molar-refractivity contribution is -0.121. The van der Waals surface area contributed by atoms with Gasteiger partial charge in [-0.3, -0.25) is 4.79 Å². The summed E-state index contributed by atoms with van der Waals surface area (Å²) in [5, 5.41) is 7.96. The van der Waals surface area contributed by atoms with Crippen LogP contribution in [0.15, 0.2) is 47.4 Å². The smallest absolute Gasteiger partial charge is 0.238 e. The molecule has 1 aliphatic heterocycles. The molecule has 7 nitrogen and oxygen atoms in total. The molecule has 0 saturated carbocycles. The van der Waals surface area contributed by atoms with E-state index in [1.165, 1.54) is 12.1 Å². The van der Waals surface area contributed by atoms with E-state index in [1.807, 2.05) is 18.2 Å². The third-order valence-electron chi connectivity index (χ3n) is 4.46. The van der Waals surface area contributed by atoms with Crippen LogP contribution in [0.25, 0.3) is 0 Å². The quantitative estimate of drug-likeness (QED) is 0.697. The minimum Gasteiger partial charge on any atom is -0.486 e. The van der Waals surface area contributed by atoms with Gasteiger partial charge < -0.3 is 14.8 Å². The number of ether oxygens (including phenoxy) is 2. The standard InChI is InChI=1S/C20H24N2O5S/c21-28(24,25)17-7-4-15(5-8-17)10-11-22-20(23)3-1-2-16-6-9-18-19(14-16)27-13-12-26-18/h4-9,14H,1-3,10-13H2,(H,22,23)(H2,21,24,25). The van der Waals surface area contributed by atoms with Crippen molar-refractivity contribution in [1.29, 1.82) is 0 Å². The highest BCUT2D eigenvalue weighted by molar-refractivity contribution is 7.89. The summed E-state index contributed by atoms with van der Waals surface area (Å²) in [6.45, 7) is 1.63. The Hall–Kier alpha value is -2.58. The molecule has 0 aromatic heterocycles. The van der Waals surface area contributed by atoms with Crippen molar-refractivity contribution in [3.05, 3.63) is 53.6 Å². The zero-order chi connectivity index (χ0) is 20.0. The number of benzene rings is 2. The summed E-state index contributed by atoms with van der Waals surface area (Å²) in [6.07, 6.45) is 2.60. The number of hydrogen-bond donors (Lipinski definition) is 2. The minimum absolute atomic E-state index is 0.00120. The number of carbonyl (C=O) groups is 1. The second-order valence-electron chi connectivity index (χ2n) is 6.62. The molecule has 0 saturated heterocycles. The molecule has 1 aliphatic rings. The molecule has 1 heterocycles. The van der Waals surface area contributed by atoms with Gasteiger partial charge in [0.05, 0.1) is 4.90 Å². The Morgan fingerprint density at radius 2 is 1.64 bits per heavy atom. The maximum atomic E-state index is 12.0. The van der Waals surface area contributed by atoms with Crippen molar-refractivity contribution in [2.24, 2.45) is 5.14 Å². The van der Waals surface area contributed by atoms with Crippen molar-refractivity contribution in [3.8, 4) is 11.5 Å². The summed E-state index contributed by atoms with van der Waals surface area (Å²) in [5.41, 5.74) is 2.05. The van der Waals surface area contributed by atoms with Crippen LogP contribution in [0.1, 0.15) is 24.0 Å². The molecule has 2 aromatic carbocycles. The van der Waals surface area contributed by atoms with E-state index < -0.39 is 10.0 Å². The molecule has 3 rings (SSSR count). The molecule has 0 unspecified atom stereocenters. The summed E-state index contributed by atoms with van der Waals surface area (Å²) in [4.78, 5) is 12.1. The second-order valence-corrected chi connectivity index (χ2v) is 8.18. The van der Waals surface area contributed by atoms with E-state index in [2.05, 4.69) is 5.32 Å². The molecule has 8 heteroatoms. The zero-order valence-corrected chi connectivity index (χ0v) is 16.3. The lowest BCUT2D eigenvalue weighted by atomic mass is 10.1. The molecule has 0 bridgehead atoms. The molecule has 28 heavy (non-hydrogen) atoms. The largest absolute Gasteiger partial charge is 0.486 e. The molecule has 2 aromatic rings. The maximum absolute atomic E-state index is 12.0. The highest BCUT2D eigenvalue weighted by atomic mass is 32.2. The lowest BCUT2D eigenvalue weighted by Gasteiger charge is -2.18. The van der Waals surface area contributed by atoms with Gasteiger partial charge in [-0.05, 0) is 54.7 Å². The normalized spacial score (nSPS) is 13.2. The van der Waals surface area contributed by atoms with Crippen molar-refractivity contribution in [2.75, 3.05) is 19.8 Å². The predicted molar refractivity (Wildman–Crippen MR) is 105 cm³/mol. The van der Waals surface area contributed by atoms with Gasteiger partial charge in [0.2, 0.25) is 15.9 Å². The first kappa shape index (κ1) is 20.2. The molecule has 3 N–H and O–H groups in total. The van der Waals surface area contributed by atoms with Crippen LogP contribution in [-0.2, 0) is 27.7 Å². The first-order valence-electron chi connectivity index (χ1n) is 9.19. The van der Waals surface area contributed by atoms with Crippen LogP contribution in [0.2, 0.25) is 0 Å². The summed E-state index contributed by atoms with van der Waals surface area (Å²) in [6, 6.07) is 12.2. The zero-order valence-electron chi connectivity index (χ0n) is 15.5. The van der Waals surface area contributed by atoms with Gasteiger partial charge in [0.1, 0.15) is 13.2 Å². The Labute approximate surface area is 164 Å². The average Bonchev–Trinajstić information content (AvgIpc) is 2.67. The Morgan fingerprint density at radius 1 is 0.964 bits per heavy atom. The number of hydrogen-bond acceptors (Lipinski definition) is 5. The van der Waals surface area contributed by atoms with E-state index in [-0.39, 0.29) is 10.8 Å². The number of sulfonamides is 1. The van der Waals surface area contributed by atoms with Crippen LogP contribution in [0.3, 0.4) is 0 Å². The highest BCUT2D eigenvalue weighted by Crippen LogP contribution is 2.31. The van der Waals surface area contributed by atoms with Gasteiger partial charge in [0, 0.05) is 13.0 Å². The summed E-state index contributed by atoms with van der Waals surface area (Å²) < 4.78 is 33.5. The van der Waals surface area contributed by atoms with Gasteiger partial charge in [-0.1, -0.05) is 18.2 Å². The monoisotopic (exact) mass is 404 g/mol. The van der Waals surface area contributed by atoms with Gasteiger partial charge in [0.25, 0.3) is 0 Å². The number of nitrogens with two attached hydrogens (primary N) is 1. The van der Waals surface area contributed by atoms with Gasteiger partial charge in [0.15, 0.2) is 11.5 Å². The fourth-order valence-corrected chi connectivity index (χ4v) is 3.49. The molecule has 0 aliphatic carbocycles. The lowest BCUT2D eigenvalue weighted by Crippen LogP contribution is -2.25. The van der Waals surface area contributed by atoms with Crippen LogP contribution in [0.4, 0.5) is 0 Å². The van der Waals surface area contributed by atoms with E-state index >= 15 is 0 Å². The number of nitrogens with one attached hydrogen (secondary N) is 1. The van der Waals surface area contributed by atoms with Crippen LogP contribution in [0.5, 0.6) is 11.5 Å². The van der Waals surface area contributed by atoms with E-state index in [0.29, 0.717) is 32.6 Å². The minimum atomic E-state index is -3.68. The van der Waals surface area contributed by atoms with Gasteiger partial charge in [-0.25, -0.2) is 13.6 Å². The van der Waals surface area contributed by atoms with Crippen molar-refractivity contribution in [1.82, 2.24) is 5.32 Å². The van der Waals surface area contributed by atoms with E-state index in [1.54, 1.807) is 12.1 Å². The third kappa shape index (κ3) is 5.71. The second kappa shape index (κ2) is 9.07. The molecular formula is C20H24N2O5S. The van der Waals surface area contributed by atoms with Gasteiger partial charge >= 0.3 is 0 Å². The SMILES string of the molecule is NS(=O)(=O)c1ccc(CCNC(=O)CCCc2ccc3c(c2)OCCO3)cc1. The number of carbonyl (C=O) groups excluding carboxylic acids is 1. The molecule has 0 fully saturated rings. The van der Waals surface area contributed by atoms with Gasteiger partial charge in [-0.2, -0.15) is 0 Å². The highest BCUT2D eigenvalue weighted by Gasteiger charge is 2.12. The van der Waals surface area contributed by atoms with Crippen molar-refractivity contribution < 1.29 is 22.7 Å². The molecule has 1 amide bonds. The van der Waals surface area contributed by atoms with E-state index in [9.17, 15) is 13.2 Å². The van der Waals surface area contributed by atoms with E-state index in [4.69, 9.17) is 14.6 Å². The Morgan fingerprint density at radius 3 is 2.36 bits per heavy atom. The first-order valence-corrected chi connectivity index (χ1v) is 10.7. The maximum Gasteiger partial charge on any atom is 0.238 e. The van der Waals surface area contributed by atoms with Crippen molar-refractivity contribution in [3.63, 3.8) is 0 Å². The number of primary sulfonamides is 1. The van der Waals surface area contributed by atoms with Crippen LogP contribution >= 0.6 is 0 Å². The number of aryl methyl sites for hydroxylation is 1. The Balaban J connectivity index is 1.37. The number of amides is 1. The average molecular weight is 404 g/mol.